The van der Waals surface area contributed by atoms with Gasteiger partial charge in [-0.3, -0.25) is 9.97 Å². The Morgan fingerprint density at radius 1 is 0.421 bits per heavy atom. The Hall–Kier alpha value is -7.49. The minimum atomic E-state index is 0.609. The van der Waals surface area contributed by atoms with Crippen LogP contribution in [0.2, 0.25) is 0 Å². The Labute approximate surface area is 329 Å². The summed E-state index contributed by atoms with van der Waals surface area (Å²) < 4.78 is 6.89. The van der Waals surface area contributed by atoms with Gasteiger partial charge in [-0.05, 0) is 124 Å². The van der Waals surface area contributed by atoms with Gasteiger partial charge in [0.15, 0.2) is 0 Å². The Bertz CT molecular complexity index is 3210. The van der Waals surface area contributed by atoms with E-state index in [1.807, 2.05) is 24.8 Å². The number of rotatable bonds is 4. The second-order valence-electron chi connectivity index (χ2n) is 15.4. The van der Waals surface area contributed by atoms with E-state index < -0.39 is 0 Å². The highest BCUT2D eigenvalue weighted by Gasteiger charge is 2.23. The van der Waals surface area contributed by atoms with Crippen molar-refractivity contribution in [1.29, 1.82) is 5.26 Å². The van der Waals surface area contributed by atoms with Crippen LogP contribution in [0.15, 0.2) is 146 Å². The molecule has 0 atom stereocenters. The minimum absolute atomic E-state index is 0.609. The average molecular weight is 733 g/mol. The molecule has 6 aromatic carbocycles. The molecule has 0 spiro atoms. The first kappa shape index (κ1) is 32.9. The third-order valence-electron chi connectivity index (χ3n) is 11.6. The van der Waals surface area contributed by atoms with Crippen molar-refractivity contribution in [3.63, 3.8) is 0 Å². The molecular weight excluding hydrogens is 697 g/mol. The van der Waals surface area contributed by atoms with Gasteiger partial charge in [0.05, 0.1) is 44.5 Å². The van der Waals surface area contributed by atoms with Gasteiger partial charge in [0.25, 0.3) is 0 Å². The van der Waals surface area contributed by atoms with Gasteiger partial charge in [0.2, 0.25) is 0 Å². The molecule has 5 heterocycles. The summed E-state index contributed by atoms with van der Waals surface area (Å²) in [5, 5.41) is 18.2. The van der Waals surface area contributed by atoms with Gasteiger partial charge >= 0.3 is 0 Å². The second kappa shape index (κ2) is 12.3. The normalized spacial score (nSPS) is 11.8. The molecule has 0 fully saturated rings. The summed E-state index contributed by atoms with van der Waals surface area (Å²) in [6, 6.07) is 46.5. The maximum atomic E-state index is 11.4. The van der Waals surface area contributed by atoms with Crippen molar-refractivity contribution in [3.05, 3.63) is 174 Å². The van der Waals surface area contributed by atoms with E-state index in [0.717, 1.165) is 72.1 Å². The zero-order valence-corrected chi connectivity index (χ0v) is 32.0. The number of benzene rings is 6. The van der Waals surface area contributed by atoms with Crippen LogP contribution < -0.4 is 0 Å². The Morgan fingerprint density at radius 3 is 1.26 bits per heavy atom. The summed E-state index contributed by atoms with van der Waals surface area (Å²) in [5.41, 5.74) is 16.5. The number of pyridine rings is 2. The zero-order valence-electron chi connectivity index (χ0n) is 32.0. The molecule has 0 amide bonds. The Kier molecular flexibility index (Phi) is 7.08. The van der Waals surface area contributed by atoms with E-state index in [2.05, 4.69) is 179 Å². The first-order valence-corrected chi connectivity index (χ1v) is 19.3. The molecule has 6 heteroatoms. The molecule has 5 aromatic heterocycles. The van der Waals surface area contributed by atoms with E-state index in [9.17, 15) is 5.26 Å². The topological polar surface area (TPSA) is 64.4 Å². The van der Waals surface area contributed by atoms with Crippen LogP contribution in [0.3, 0.4) is 0 Å². The van der Waals surface area contributed by atoms with Crippen molar-refractivity contribution >= 4 is 65.4 Å². The third kappa shape index (κ3) is 4.89. The lowest BCUT2D eigenvalue weighted by Crippen LogP contribution is -2.05. The van der Waals surface area contributed by atoms with Crippen LogP contribution in [0.5, 0.6) is 0 Å². The van der Waals surface area contributed by atoms with Gasteiger partial charge in [-0.25, -0.2) is 0 Å². The van der Waals surface area contributed by atoms with Crippen LogP contribution in [0.4, 0.5) is 0 Å². The van der Waals surface area contributed by atoms with E-state index in [1.54, 1.807) is 0 Å². The van der Waals surface area contributed by atoms with Crippen LogP contribution in [0.1, 0.15) is 27.8 Å². The molecule has 0 saturated carbocycles. The summed E-state index contributed by atoms with van der Waals surface area (Å²) in [5.74, 6) is 0. The molecule has 11 aromatic rings. The number of nitrogens with zero attached hydrogens (tertiary/aromatic N) is 6. The summed E-state index contributed by atoms with van der Waals surface area (Å²) in [7, 11) is 0. The molecular formula is C51H36N6. The quantitative estimate of drug-likeness (QED) is 0.181. The molecule has 6 nitrogen and oxygen atoms in total. The van der Waals surface area contributed by atoms with Gasteiger partial charge in [0.1, 0.15) is 11.6 Å². The van der Waals surface area contributed by atoms with Gasteiger partial charge < -0.3 is 13.7 Å². The summed E-state index contributed by atoms with van der Waals surface area (Å²) in [6.45, 7) is 8.56. The highest BCUT2D eigenvalue weighted by molar-refractivity contribution is 6.12. The monoisotopic (exact) mass is 732 g/mol. The van der Waals surface area contributed by atoms with Crippen molar-refractivity contribution in [2.75, 3.05) is 0 Å². The third-order valence-corrected chi connectivity index (χ3v) is 11.6. The lowest BCUT2D eigenvalue weighted by Gasteiger charge is -2.19. The van der Waals surface area contributed by atoms with E-state index in [-0.39, 0.29) is 0 Å². The smallest absolute Gasteiger partial charge is 0.104 e. The van der Waals surface area contributed by atoms with Crippen molar-refractivity contribution in [1.82, 2.24) is 23.7 Å². The predicted molar refractivity (Wildman–Crippen MR) is 234 cm³/mol. The van der Waals surface area contributed by atoms with Crippen LogP contribution >= 0.6 is 0 Å². The van der Waals surface area contributed by atoms with Crippen LogP contribution in [0.25, 0.3) is 93.6 Å². The van der Waals surface area contributed by atoms with E-state index >= 15 is 0 Å². The summed E-state index contributed by atoms with van der Waals surface area (Å²) >= 11 is 0. The molecule has 0 saturated heterocycles. The van der Waals surface area contributed by atoms with Crippen molar-refractivity contribution in [2.24, 2.45) is 0 Å². The standard InChI is InChI=1S/C51H36N6/c1-30-8-12-44-37(20-30)38-21-31(2)9-13-45(38)56(44)50-25-35(34-6-5-7-36(24-34)55-48-16-18-53-28-42(48)43-29-54-19-17-49(43)55)26-51(41(50)27-52)57-46-14-10-32(3)22-39(46)40-23-33(4)11-15-47(40)57/h5-26,28-29H,1-4H3. The van der Waals surface area contributed by atoms with Crippen LogP contribution in [0, 0.1) is 39.0 Å². The molecule has 0 aliphatic heterocycles. The molecule has 0 unspecified atom stereocenters. The van der Waals surface area contributed by atoms with Crippen LogP contribution in [-0.4, -0.2) is 23.7 Å². The van der Waals surface area contributed by atoms with Gasteiger partial charge in [0, 0.05) is 62.8 Å². The van der Waals surface area contributed by atoms with Crippen molar-refractivity contribution < 1.29 is 0 Å². The fourth-order valence-corrected chi connectivity index (χ4v) is 9.08. The number of aryl methyl sites for hydroxylation is 4. The number of aromatic nitrogens is 5. The van der Waals surface area contributed by atoms with Gasteiger partial charge in [-0.1, -0.05) is 58.7 Å². The molecule has 270 valence electrons. The number of fused-ring (bicyclic) bond motifs is 9. The number of nitriles is 1. The largest absolute Gasteiger partial charge is 0.309 e. The Balaban J connectivity index is 1.26. The molecule has 0 N–H and O–H groups in total. The lowest BCUT2D eigenvalue weighted by atomic mass is 9.99. The number of hydrogen-bond acceptors (Lipinski definition) is 3. The molecule has 0 aliphatic rings. The second-order valence-corrected chi connectivity index (χ2v) is 15.4. The van der Waals surface area contributed by atoms with Gasteiger partial charge in [-0.15, -0.1) is 0 Å². The molecule has 0 bridgehead atoms. The highest BCUT2D eigenvalue weighted by atomic mass is 15.0. The zero-order chi connectivity index (χ0) is 38.5. The SMILES string of the molecule is Cc1ccc2c(c1)c1cc(C)ccc1n2-c1cc(-c2cccc(-n3c4ccncc4c4cnccc43)c2)cc(-n2c3ccc(C)cc3c3cc(C)ccc32)c1C#N. The molecule has 0 radical (unpaired) electrons. The fourth-order valence-electron chi connectivity index (χ4n) is 9.08. The summed E-state index contributed by atoms with van der Waals surface area (Å²) in [4.78, 5) is 8.91. The maximum absolute atomic E-state index is 11.4. The molecule has 11 rings (SSSR count). The van der Waals surface area contributed by atoms with Crippen molar-refractivity contribution in [2.45, 2.75) is 27.7 Å². The van der Waals surface area contributed by atoms with E-state index in [4.69, 9.17) is 0 Å². The fraction of sp³-hybridized carbons (Fsp3) is 0.0784. The predicted octanol–water partition coefficient (Wildman–Crippen LogP) is 12.5. The Morgan fingerprint density at radius 2 is 0.842 bits per heavy atom. The van der Waals surface area contributed by atoms with E-state index in [0.29, 0.717) is 5.56 Å². The summed E-state index contributed by atoms with van der Waals surface area (Å²) in [6.07, 6.45) is 7.53. The lowest BCUT2D eigenvalue weighted by molar-refractivity contribution is 1.12. The van der Waals surface area contributed by atoms with Gasteiger partial charge in [-0.2, -0.15) is 5.26 Å². The molecule has 57 heavy (non-hydrogen) atoms. The van der Waals surface area contributed by atoms with Crippen molar-refractivity contribution in [3.8, 4) is 34.3 Å². The minimum Gasteiger partial charge on any atom is -0.309 e. The average Bonchev–Trinajstić information content (AvgIpc) is 3.85. The van der Waals surface area contributed by atoms with E-state index in [1.165, 1.54) is 43.8 Å². The molecule has 0 aliphatic carbocycles. The van der Waals surface area contributed by atoms with Crippen LogP contribution in [-0.2, 0) is 0 Å². The maximum Gasteiger partial charge on any atom is 0.104 e. The number of hydrogen-bond donors (Lipinski definition) is 0. The first-order valence-electron chi connectivity index (χ1n) is 19.3. The first-order chi connectivity index (χ1) is 27.9. The highest BCUT2D eigenvalue weighted by Crippen LogP contribution is 2.41.